The number of carbonyl (C=O) groups is 1. The Morgan fingerprint density at radius 2 is 1.83 bits per heavy atom. The highest BCUT2D eigenvalue weighted by atomic mass is 127. The summed E-state index contributed by atoms with van der Waals surface area (Å²) in [5.41, 5.74) is 0.152. The van der Waals surface area contributed by atoms with Gasteiger partial charge in [0.2, 0.25) is 5.91 Å². The van der Waals surface area contributed by atoms with E-state index >= 15 is 0 Å². The van der Waals surface area contributed by atoms with Crippen LogP contribution in [0.1, 0.15) is 5.56 Å². The van der Waals surface area contributed by atoms with Crippen LogP contribution in [0.5, 0.6) is 0 Å². The van der Waals surface area contributed by atoms with Crippen molar-refractivity contribution >= 4 is 47.6 Å². The van der Waals surface area contributed by atoms with Crippen molar-refractivity contribution in [1.82, 2.24) is 15.5 Å². The van der Waals surface area contributed by atoms with Gasteiger partial charge in [-0.3, -0.25) is 4.79 Å². The molecule has 0 saturated carbocycles. The number of aliphatic imine (C=N–C) groups is 1. The first-order chi connectivity index (χ1) is 13.5. The summed E-state index contributed by atoms with van der Waals surface area (Å²) in [5, 5.41) is 6.05. The molecule has 0 atom stereocenters. The zero-order valence-electron chi connectivity index (χ0n) is 16.3. The van der Waals surface area contributed by atoms with Gasteiger partial charge in [-0.25, -0.2) is 13.8 Å². The third kappa shape index (κ3) is 9.44. The van der Waals surface area contributed by atoms with Crippen LogP contribution in [0.25, 0.3) is 0 Å². The van der Waals surface area contributed by atoms with Gasteiger partial charge in [-0.05, 0) is 30.3 Å². The SMILES string of the molecule is CN(C)C(=O)CNC(=NCc1cc(F)ccc1F)NCCSc1ccccc1.I. The molecular weight excluding hydrogens is 509 g/mol. The monoisotopic (exact) mass is 534 g/mol. The molecule has 0 heterocycles. The molecule has 0 spiro atoms. The van der Waals surface area contributed by atoms with Crippen LogP contribution in [0.3, 0.4) is 0 Å². The Hall–Kier alpha value is -1.88. The number of guanidine groups is 1. The van der Waals surface area contributed by atoms with Crippen molar-refractivity contribution in [2.24, 2.45) is 4.99 Å². The number of carbonyl (C=O) groups excluding carboxylic acids is 1. The Morgan fingerprint density at radius 1 is 1.10 bits per heavy atom. The number of thioether (sulfide) groups is 1. The third-order valence-corrected chi connectivity index (χ3v) is 4.74. The molecule has 0 saturated heterocycles. The van der Waals surface area contributed by atoms with Gasteiger partial charge in [-0.1, -0.05) is 18.2 Å². The van der Waals surface area contributed by atoms with Crippen molar-refractivity contribution in [2.75, 3.05) is 32.9 Å². The number of hydrogen-bond donors (Lipinski definition) is 2. The van der Waals surface area contributed by atoms with Crippen LogP contribution in [0.2, 0.25) is 0 Å². The van der Waals surface area contributed by atoms with Crippen molar-refractivity contribution in [3.63, 3.8) is 0 Å². The molecule has 2 rings (SSSR count). The smallest absolute Gasteiger partial charge is 0.241 e. The number of rotatable bonds is 8. The van der Waals surface area contributed by atoms with Gasteiger partial charge in [0.1, 0.15) is 11.6 Å². The van der Waals surface area contributed by atoms with Crippen LogP contribution < -0.4 is 10.6 Å². The largest absolute Gasteiger partial charge is 0.356 e. The predicted molar refractivity (Wildman–Crippen MR) is 125 cm³/mol. The van der Waals surface area contributed by atoms with Crippen LogP contribution in [0.4, 0.5) is 8.78 Å². The fraction of sp³-hybridized carbons (Fsp3) is 0.300. The maximum absolute atomic E-state index is 13.8. The summed E-state index contributed by atoms with van der Waals surface area (Å²) in [6.45, 7) is 0.602. The molecule has 0 aromatic heterocycles. The lowest BCUT2D eigenvalue weighted by atomic mass is 10.2. The zero-order valence-corrected chi connectivity index (χ0v) is 19.5. The average Bonchev–Trinajstić information content (AvgIpc) is 2.69. The second kappa shape index (κ2) is 13.4. The van der Waals surface area contributed by atoms with E-state index in [1.807, 2.05) is 30.3 Å². The molecule has 0 fully saturated rings. The maximum atomic E-state index is 13.8. The molecule has 158 valence electrons. The summed E-state index contributed by atoms with van der Waals surface area (Å²) in [6.07, 6.45) is 0. The van der Waals surface area contributed by atoms with Crippen molar-refractivity contribution < 1.29 is 13.6 Å². The lowest BCUT2D eigenvalue weighted by molar-refractivity contribution is -0.127. The second-order valence-electron chi connectivity index (χ2n) is 6.13. The molecule has 0 unspecified atom stereocenters. The molecule has 0 bridgehead atoms. The van der Waals surface area contributed by atoms with Gasteiger partial charge in [0.05, 0.1) is 13.1 Å². The van der Waals surface area contributed by atoms with Gasteiger partial charge in [-0.15, -0.1) is 35.7 Å². The van der Waals surface area contributed by atoms with E-state index in [0.29, 0.717) is 12.5 Å². The first-order valence-corrected chi connectivity index (χ1v) is 9.78. The van der Waals surface area contributed by atoms with Crippen LogP contribution >= 0.6 is 35.7 Å². The quantitative estimate of drug-likeness (QED) is 0.179. The van der Waals surface area contributed by atoms with E-state index in [4.69, 9.17) is 0 Å². The molecule has 9 heteroatoms. The van der Waals surface area contributed by atoms with Gasteiger partial charge < -0.3 is 15.5 Å². The van der Waals surface area contributed by atoms with Crippen LogP contribution in [0.15, 0.2) is 58.4 Å². The average molecular weight is 534 g/mol. The summed E-state index contributed by atoms with van der Waals surface area (Å²) < 4.78 is 27.1. The van der Waals surface area contributed by atoms with Crippen LogP contribution in [-0.2, 0) is 11.3 Å². The standard InChI is InChI=1S/C20H24F2N4OS.HI/c1-26(2)19(27)14-25-20(23-10-11-28-17-6-4-3-5-7-17)24-13-15-12-16(21)8-9-18(15)22;/h3-9,12H,10-11,13-14H2,1-2H3,(H2,23,24,25);1H. The van der Waals surface area contributed by atoms with Gasteiger partial charge >= 0.3 is 0 Å². The van der Waals surface area contributed by atoms with E-state index in [9.17, 15) is 13.6 Å². The highest BCUT2D eigenvalue weighted by Gasteiger charge is 2.07. The fourth-order valence-corrected chi connectivity index (χ4v) is 2.96. The Bertz CT molecular complexity index is 806. The lowest BCUT2D eigenvalue weighted by Gasteiger charge is -2.15. The first kappa shape index (κ1) is 25.2. The van der Waals surface area contributed by atoms with Crippen molar-refractivity contribution in [1.29, 1.82) is 0 Å². The van der Waals surface area contributed by atoms with Crippen molar-refractivity contribution in [2.45, 2.75) is 11.4 Å². The first-order valence-electron chi connectivity index (χ1n) is 8.80. The Kier molecular flexibility index (Phi) is 11.6. The van der Waals surface area contributed by atoms with Crippen LogP contribution in [-0.4, -0.2) is 49.7 Å². The predicted octanol–water partition coefficient (Wildman–Crippen LogP) is 3.50. The summed E-state index contributed by atoms with van der Waals surface area (Å²) in [4.78, 5) is 18.7. The minimum Gasteiger partial charge on any atom is -0.356 e. The van der Waals surface area contributed by atoms with Crippen LogP contribution in [0, 0.1) is 11.6 Å². The zero-order chi connectivity index (χ0) is 20.4. The number of likely N-dealkylation sites (N-methyl/N-ethyl adjacent to an activating group) is 1. The Labute approximate surface area is 191 Å². The highest BCUT2D eigenvalue weighted by molar-refractivity contribution is 14.0. The number of hydrogen-bond acceptors (Lipinski definition) is 3. The second-order valence-corrected chi connectivity index (χ2v) is 7.30. The minimum atomic E-state index is -0.520. The minimum absolute atomic E-state index is 0. The number of nitrogens with zero attached hydrogens (tertiary/aromatic N) is 2. The Balaban J connectivity index is 0.00000420. The third-order valence-electron chi connectivity index (χ3n) is 3.73. The molecule has 5 nitrogen and oxygen atoms in total. The molecule has 0 aliphatic rings. The van der Waals surface area contributed by atoms with E-state index in [0.717, 1.165) is 28.8 Å². The molecule has 2 aromatic carbocycles. The number of halogens is 3. The molecule has 2 N–H and O–H groups in total. The van der Waals surface area contributed by atoms with Gasteiger partial charge in [0, 0.05) is 36.9 Å². The number of amides is 1. The van der Waals surface area contributed by atoms with Gasteiger partial charge in [0.25, 0.3) is 0 Å². The summed E-state index contributed by atoms with van der Waals surface area (Å²) in [5.74, 6) is -0.0112. The normalized spacial score (nSPS) is 10.8. The lowest BCUT2D eigenvalue weighted by Crippen LogP contribution is -2.43. The summed E-state index contributed by atoms with van der Waals surface area (Å²) >= 11 is 1.68. The topological polar surface area (TPSA) is 56.7 Å². The molecular formula is C20H25F2IN4OS. The number of benzene rings is 2. The van der Waals surface area contributed by atoms with Gasteiger partial charge in [-0.2, -0.15) is 0 Å². The van der Waals surface area contributed by atoms with Crippen molar-refractivity contribution in [3.8, 4) is 0 Å². The molecule has 1 amide bonds. The highest BCUT2D eigenvalue weighted by Crippen LogP contribution is 2.15. The molecule has 29 heavy (non-hydrogen) atoms. The summed E-state index contributed by atoms with van der Waals surface area (Å²) in [6, 6.07) is 13.2. The van der Waals surface area contributed by atoms with E-state index in [1.54, 1.807) is 25.9 Å². The Morgan fingerprint density at radius 3 is 2.52 bits per heavy atom. The van der Waals surface area contributed by atoms with E-state index < -0.39 is 11.6 Å². The molecule has 2 aromatic rings. The molecule has 0 radical (unpaired) electrons. The molecule has 0 aliphatic heterocycles. The summed E-state index contributed by atoms with van der Waals surface area (Å²) in [7, 11) is 3.32. The fourth-order valence-electron chi connectivity index (χ4n) is 2.18. The van der Waals surface area contributed by atoms with E-state index in [-0.39, 0.29) is 48.5 Å². The van der Waals surface area contributed by atoms with E-state index in [2.05, 4.69) is 15.6 Å². The number of nitrogens with one attached hydrogen (secondary N) is 2. The van der Waals surface area contributed by atoms with E-state index in [1.165, 1.54) is 4.90 Å². The van der Waals surface area contributed by atoms with Crippen molar-refractivity contribution in [3.05, 3.63) is 65.7 Å². The maximum Gasteiger partial charge on any atom is 0.241 e. The van der Waals surface area contributed by atoms with Gasteiger partial charge in [0.15, 0.2) is 5.96 Å². The molecule has 0 aliphatic carbocycles.